The van der Waals surface area contributed by atoms with Crippen LogP contribution in [-0.2, 0) is 9.53 Å². The van der Waals surface area contributed by atoms with Gasteiger partial charge in [-0.25, -0.2) is 4.79 Å². The number of nitrogens with one attached hydrogen (secondary N) is 2. The van der Waals surface area contributed by atoms with Gasteiger partial charge in [-0.1, -0.05) is 18.7 Å². The molecule has 0 saturated carbocycles. The number of phenolic OH excluding ortho intramolecular Hbond substituents is 1. The molecular formula is C17H19BrN2O5. The molecule has 1 heterocycles. The van der Waals surface area contributed by atoms with Gasteiger partial charge in [0.05, 0.1) is 17.6 Å². The number of esters is 1. The van der Waals surface area contributed by atoms with Gasteiger partial charge in [-0.3, -0.25) is 4.79 Å². The standard InChI is InChI=1S/C17H19BrN2O5/c1-4-5-6-25-16(22)13-9(2)19-17(23)20-14(13)10-7-11(18)15(21)12(8-10)24-3/h4-5,7-8,13-14,21H,2,6H2,1,3H3,(H2,19,20,23)/b5-4+/t13-,14+/m0/s1. The molecular weight excluding hydrogens is 392 g/mol. The zero-order valence-corrected chi connectivity index (χ0v) is 15.4. The number of rotatable bonds is 5. The summed E-state index contributed by atoms with van der Waals surface area (Å²) in [5, 5.41) is 15.1. The predicted molar refractivity (Wildman–Crippen MR) is 95.2 cm³/mol. The van der Waals surface area contributed by atoms with E-state index in [0.29, 0.717) is 10.0 Å². The summed E-state index contributed by atoms with van der Waals surface area (Å²) in [5.74, 6) is -1.21. The third-order valence-corrected chi connectivity index (χ3v) is 4.32. The second-order valence-electron chi connectivity index (χ2n) is 5.33. The average Bonchev–Trinajstić information content (AvgIpc) is 2.56. The average molecular weight is 411 g/mol. The van der Waals surface area contributed by atoms with Crippen molar-refractivity contribution >= 4 is 27.9 Å². The molecule has 3 N–H and O–H groups in total. The minimum atomic E-state index is -0.830. The van der Waals surface area contributed by atoms with E-state index in [1.807, 2.05) is 6.92 Å². The molecule has 1 aromatic rings. The summed E-state index contributed by atoms with van der Waals surface area (Å²) >= 11 is 3.24. The topological polar surface area (TPSA) is 96.9 Å². The fraction of sp³-hybridized carbons (Fsp3) is 0.294. The van der Waals surface area contributed by atoms with Crippen LogP contribution < -0.4 is 15.4 Å². The Morgan fingerprint density at radius 1 is 1.48 bits per heavy atom. The molecule has 1 aliphatic rings. The zero-order chi connectivity index (χ0) is 18.6. The van der Waals surface area contributed by atoms with E-state index in [1.54, 1.807) is 24.3 Å². The largest absolute Gasteiger partial charge is 0.503 e. The lowest BCUT2D eigenvalue weighted by Crippen LogP contribution is -2.51. The van der Waals surface area contributed by atoms with E-state index < -0.39 is 24.0 Å². The van der Waals surface area contributed by atoms with Crippen LogP contribution in [0.1, 0.15) is 18.5 Å². The van der Waals surface area contributed by atoms with Crippen LogP contribution in [0, 0.1) is 5.92 Å². The van der Waals surface area contributed by atoms with E-state index in [0.717, 1.165) is 0 Å². The number of hydrogen-bond acceptors (Lipinski definition) is 5. The highest BCUT2D eigenvalue weighted by atomic mass is 79.9. The molecule has 0 radical (unpaired) electrons. The quantitative estimate of drug-likeness (QED) is 0.512. The normalized spacial score (nSPS) is 20.1. The SMILES string of the molecule is C=C1NC(=O)N[C@H](c2cc(Br)c(O)c(OC)c2)[C@H]1C(=O)OC/C=C/C. The third-order valence-electron chi connectivity index (χ3n) is 3.71. The van der Waals surface area contributed by atoms with Crippen LogP contribution in [0.3, 0.4) is 0 Å². The van der Waals surface area contributed by atoms with Crippen molar-refractivity contribution in [2.24, 2.45) is 5.92 Å². The maximum Gasteiger partial charge on any atom is 0.319 e. The maximum atomic E-state index is 12.5. The molecule has 1 aromatic carbocycles. The molecule has 2 atom stereocenters. The second-order valence-corrected chi connectivity index (χ2v) is 6.19. The molecule has 134 valence electrons. The Bertz CT molecular complexity index is 732. The summed E-state index contributed by atoms with van der Waals surface area (Å²) in [6.45, 7) is 5.72. The van der Waals surface area contributed by atoms with E-state index in [9.17, 15) is 14.7 Å². The molecule has 0 bridgehead atoms. The summed E-state index contributed by atoms with van der Waals surface area (Å²) < 4.78 is 10.7. The van der Waals surface area contributed by atoms with E-state index in [-0.39, 0.29) is 23.8 Å². The van der Waals surface area contributed by atoms with E-state index >= 15 is 0 Å². The lowest BCUT2D eigenvalue weighted by molar-refractivity contribution is -0.147. The van der Waals surface area contributed by atoms with Crippen molar-refractivity contribution in [3.63, 3.8) is 0 Å². The van der Waals surface area contributed by atoms with Crippen molar-refractivity contribution in [2.45, 2.75) is 13.0 Å². The Kier molecular flexibility index (Phi) is 6.08. The molecule has 0 spiro atoms. The summed E-state index contributed by atoms with van der Waals surface area (Å²) in [7, 11) is 1.41. The summed E-state index contributed by atoms with van der Waals surface area (Å²) in [4.78, 5) is 24.3. The predicted octanol–water partition coefficient (Wildman–Crippen LogP) is 2.77. The fourth-order valence-corrected chi connectivity index (χ4v) is 2.94. The molecule has 1 fully saturated rings. The number of urea groups is 1. The molecule has 0 aliphatic carbocycles. The zero-order valence-electron chi connectivity index (χ0n) is 13.8. The Morgan fingerprint density at radius 2 is 2.20 bits per heavy atom. The highest BCUT2D eigenvalue weighted by Gasteiger charge is 2.39. The number of halogens is 1. The molecule has 2 rings (SSSR count). The van der Waals surface area contributed by atoms with Gasteiger partial charge in [0, 0.05) is 5.70 Å². The van der Waals surface area contributed by atoms with Gasteiger partial charge in [0.15, 0.2) is 11.5 Å². The van der Waals surface area contributed by atoms with Crippen molar-refractivity contribution in [1.82, 2.24) is 10.6 Å². The first-order valence-electron chi connectivity index (χ1n) is 7.49. The van der Waals surface area contributed by atoms with E-state index in [4.69, 9.17) is 9.47 Å². The number of phenols is 1. The molecule has 2 amide bonds. The Morgan fingerprint density at radius 3 is 2.84 bits per heavy atom. The number of ether oxygens (including phenoxy) is 2. The summed E-state index contributed by atoms with van der Waals surface area (Å²) in [6, 6.07) is 1.96. The van der Waals surface area contributed by atoms with Crippen LogP contribution >= 0.6 is 15.9 Å². The summed E-state index contributed by atoms with van der Waals surface area (Å²) in [5.41, 5.74) is 0.799. The smallest absolute Gasteiger partial charge is 0.319 e. The number of carbonyl (C=O) groups excluding carboxylic acids is 2. The number of amides is 2. The summed E-state index contributed by atoms with van der Waals surface area (Å²) in [6.07, 6.45) is 3.47. The fourth-order valence-electron chi connectivity index (χ4n) is 2.48. The van der Waals surface area contributed by atoms with Gasteiger partial charge in [0.1, 0.15) is 12.5 Å². The van der Waals surface area contributed by atoms with E-state index in [2.05, 4.69) is 33.1 Å². The first kappa shape index (κ1) is 18.9. The van der Waals surface area contributed by atoms with Gasteiger partial charge in [-0.2, -0.15) is 0 Å². The first-order chi connectivity index (χ1) is 11.9. The third kappa shape index (κ3) is 4.14. The number of methoxy groups -OCH3 is 1. The number of carbonyl (C=O) groups is 2. The van der Waals surface area contributed by atoms with Crippen molar-refractivity contribution in [2.75, 3.05) is 13.7 Å². The second kappa shape index (κ2) is 8.06. The molecule has 25 heavy (non-hydrogen) atoms. The van der Waals surface area contributed by atoms with Gasteiger partial charge in [0.25, 0.3) is 0 Å². The van der Waals surface area contributed by atoms with Crippen molar-refractivity contribution in [1.29, 1.82) is 0 Å². The first-order valence-corrected chi connectivity index (χ1v) is 8.28. The molecule has 7 nitrogen and oxygen atoms in total. The Labute approximate surface area is 153 Å². The lowest BCUT2D eigenvalue weighted by atomic mass is 9.89. The number of aromatic hydroxyl groups is 1. The van der Waals surface area contributed by atoms with Gasteiger partial charge in [-0.15, -0.1) is 0 Å². The molecule has 1 aliphatic heterocycles. The monoisotopic (exact) mass is 410 g/mol. The van der Waals surface area contributed by atoms with Crippen LogP contribution in [0.5, 0.6) is 11.5 Å². The van der Waals surface area contributed by atoms with Gasteiger partial charge in [0.2, 0.25) is 0 Å². The van der Waals surface area contributed by atoms with Crippen LogP contribution in [0.15, 0.2) is 41.0 Å². The number of benzene rings is 1. The molecule has 1 saturated heterocycles. The molecule has 0 unspecified atom stereocenters. The highest BCUT2D eigenvalue weighted by molar-refractivity contribution is 9.10. The minimum absolute atomic E-state index is 0.0717. The van der Waals surface area contributed by atoms with Crippen LogP contribution in [0.4, 0.5) is 4.79 Å². The van der Waals surface area contributed by atoms with E-state index in [1.165, 1.54) is 7.11 Å². The van der Waals surface area contributed by atoms with Gasteiger partial charge >= 0.3 is 12.0 Å². The minimum Gasteiger partial charge on any atom is -0.503 e. The number of allylic oxidation sites excluding steroid dienone is 1. The molecule has 8 heteroatoms. The van der Waals surface area contributed by atoms with Crippen LogP contribution in [-0.4, -0.2) is 30.8 Å². The highest BCUT2D eigenvalue weighted by Crippen LogP contribution is 2.40. The Balaban J connectivity index is 2.40. The van der Waals surface area contributed by atoms with Crippen LogP contribution in [0.25, 0.3) is 0 Å². The number of hydrogen-bond donors (Lipinski definition) is 3. The van der Waals surface area contributed by atoms with Crippen molar-refractivity contribution in [3.8, 4) is 11.5 Å². The van der Waals surface area contributed by atoms with Gasteiger partial charge < -0.3 is 25.2 Å². The van der Waals surface area contributed by atoms with Crippen LogP contribution in [0.2, 0.25) is 0 Å². The Hall–Kier alpha value is -2.48. The van der Waals surface area contributed by atoms with Crippen molar-refractivity contribution < 1.29 is 24.2 Å². The maximum absolute atomic E-state index is 12.5. The molecule has 0 aromatic heterocycles. The van der Waals surface area contributed by atoms with Crippen molar-refractivity contribution in [3.05, 3.63) is 46.6 Å². The van der Waals surface area contributed by atoms with Gasteiger partial charge in [-0.05, 0) is 40.5 Å². The lowest BCUT2D eigenvalue weighted by Gasteiger charge is -2.33.